The van der Waals surface area contributed by atoms with Crippen LogP contribution in [0.2, 0.25) is 0 Å². The molecule has 2 rings (SSSR count). The van der Waals surface area contributed by atoms with Gasteiger partial charge in [0.25, 0.3) is 0 Å². The maximum atomic E-state index is 11.2. The molecule has 1 aliphatic carbocycles. The predicted octanol–water partition coefficient (Wildman–Crippen LogP) is 1.38. The van der Waals surface area contributed by atoms with Crippen molar-refractivity contribution < 1.29 is 8.42 Å². The number of sulfone groups is 1. The van der Waals surface area contributed by atoms with Gasteiger partial charge in [0.05, 0.1) is 5.75 Å². The first-order valence-electron chi connectivity index (χ1n) is 6.54. The van der Waals surface area contributed by atoms with Crippen LogP contribution in [0.25, 0.3) is 0 Å². The molecule has 3 N–H and O–H groups in total. The smallest absolute Gasteiger partial charge is 0.148 e. The first-order chi connectivity index (χ1) is 9.37. The minimum Gasteiger partial charge on any atom is -0.384 e. The van der Waals surface area contributed by atoms with Gasteiger partial charge < -0.3 is 5.73 Å². The number of hydrogen-bond acceptors (Lipinski definition) is 5. The van der Waals surface area contributed by atoms with Crippen LogP contribution in [-0.4, -0.2) is 37.0 Å². The van der Waals surface area contributed by atoms with Crippen molar-refractivity contribution in [2.24, 2.45) is 5.73 Å². The number of aromatic nitrogens is 1. The number of rotatable bonds is 5. The van der Waals surface area contributed by atoms with Crippen molar-refractivity contribution >= 4 is 27.4 Å². The largest absolute Gasteiger partial charge is 0.384 e. The Bertz CT molecular complexity index is 627. The molecule has 0 aliphatic heterocycles. The SMILES string of the molecule is CS(=O)(=O)CCSc1nc2c(cc1C(=N)N)CCCC2. The Hall–Kier alpha value is -1.08. The number of thioether (sulfide) groups is 1. The molecule has 0 saturated carbocycles. The fraction of sp³-hybridized carbons (Fsp3) is 0.538. The Kier molecular flexibility index (Phi) is 4.70. The van der Waals surface area contributed by atoms with Gasteiger partial charge in [-0.2, -0.15) is 0 Å². The van der Waals surface area contributed by atoms with Crippen LogP contribution in [0.1, 0.15) is 29.7 Å². The van der Waals surface area contributed by atoms with Crippen molar-refractivity contribution in [3.05, 3.63) is 22.9 Å². The van der Waals surface area contributed by atoms with Crippen LogP contribution >= 0.6 is 11.8 Å². The van der Waals surface area contributed by atoms with Crippen LogP contribution in [0.3, 0.4) is 0 Å². The minimum atomic E-state index is -2.98. The van der Waals surface area contributed by atoms with Crippen LogP contribution in [0, 0.1) is 5.41 Å². The van der Waals surface area contributed by atoms with Gasteiger partial charge in [-0.15, -0.1) is 11.8 Å². The molecule has 0 bridgehead atoms. The molecule has 0 amide bonds. The lowest BCUT2D eigenvalue weighted by atomic mass is 9.95. The number of amidine groups is 1. The van der Waals surface area contributed by atoms with Gasteiger partial charge in [-0.05, 0) is 37.3 Å². The second-order valence-electron chi connectivity index (χ2n) is 5.05. The molecule has 0 saturated heterocycles. The molecule has 0 fully saturated rings. The highest BCUT2D eigenvalue weighted by atomic mass is 32.2. The molecule has 0 atom stereocenters. The number of fused-ring (bicyclic) bond motifs is 1. The van der Waals surface area contributed by atoms with Gasteiger partial charge in [0.2, 0.25) is 0 Å². The van der Waals surface area contributed by atoms with Gasteiger partial charge in [-0.25, -0.2) is 13.4 Å². The van der Waals surface area contributed by atoms with E-state index < -0.39 is 9.84 Å². The van der Waals surface area contributed by atoms with Crippen LogP contribution in [0.15, 0.2) is 11.1 Å². The topological polar surface area (TPSA) is 96.9 Å². The lowest BCUT2D eigenvalue weighted by Crippen LogP contribution is -2.17. The molecule has 0 aromatic carbocycles. The summed E-state index contributed by atoms with van der Waals surface area (Å²) < 4.78 is 22.3. The zero-order valence-corrected chi connectivity index (χ0v) is 13.1. The third kappa shape index (κ3) is 3.96. The molecule has 1 aromatic rings. The highest BCUT2D eigenvalue weighted by Crippen LogP contribution is 2.27. The number of nitrogen functional groups attached to an aromatic ring is 1. The molecule has 7 heteroatoms. The van der Waals surface area contributed by atoms with Crippen molar-refractivity contribution in [2.45, 2.75) is 30.7 Å². The summed E-state index contributed by atoms with van der Waals surface area (Å²) in [4.78, 5) is 4.60. The van der Waals surface area contributed by atoms with E-state index in [1.54, 1.807) is 0 Å². The van der Waals surface area contributed by atoms with Crippen LogP contribution in [0.4, 0.5) is 0 Å². The minimum absolute atomic E-state index is 0.00673. The fourth-order valence-electron chi connectivity index (χ4n) is 2.21. The van der Waals surface area contributed by atoms with E-state index in [0.29, 0.717) is 16.3 Å². The van der Waals surface area contributed by atoms with Gasteiger partial charge in [0, 0.05) is 23.3 Å². The summed E-state index contributed by atoms with van der Waals surface area (Å²) in [5, 5.41) is 8.34. The summed E-state index contributed by atoms with van der Waals surface area (Å²) in [6, 6.07) is 1.95. The summed E-state index contributed by atoms with van der Waals surface area (Å²) in [6.07, 6.45) is 5.43. The van der Waals surface area contributed by atoms with Crippen LogP contribution in [-0.2, 0) is 22.7 Å². The molecule has 1 aliphatic rings. The molecule has 0 radical (unpaired) electrons. The first kappa shape index (κ1) is 15.3. The van der Waals surface area contributed by atoms with Crippen molar-refractivity contribution in [2.75, 3.05) is 17.8 Å². The Labute approximate surface area is 123 Å². The molecular weight excluding hydrogens is 294 g/mol. The highest BCUT2D eigenvalue weighted by Gasteiger charge is 2.17. The summed E-state index contributed by atoms with van der Waals surface area (Å²) in [7, 11) is -2.98. The maximum absolute atomic E-state index is 11.2. The average molecular weight is 313 g/mol. The normalized spacial score (nSPS) is 14.8. The number of hydrogen-bond donors (Lipinski definition) is 2. The Morgan fingerprint density at radius 2 is 2.15 bits per heavy atom. The zero-order chi connectivity index (χ0) is 14.8. The molecule has 0 spiro atoms. The lowest BCUT2D eigenvalue weighted by molar-refractivity contribution is 0.603. The summed E-state index contributed by atoms with van der Waals surface area (Å²) >= 11 is 1.36. The van der Waals surface area contributed by atoms with Gasteiger partial charge in [-0.1, -0.05) is 0 Å². The zero-order valence-electron chi connectivity index (χ0n) is 11.5. The lowest BCUT2D eigenvalue weighted by Gasteiger charge is -2.18. The van der Waals surface area contributed by atoms with Gasteiger partial charge in [-0.3, -0.25) is 5.41 Å². The van der Waals surface area contributed by atoms with Crippen LogP contribution < -0.4 is 5.73 Å². The number of nitrogens with one attached hydrogen (secondary N) is 1. The van der Waals surface area contributed by atoms with Gasteiger partial charge >= 0.3 is 0 Å². The maximum Gasteiger partial charge on any atom is 0.148 e. The molecular formula is C13H19N3O2S2. The van der Waals surface area contributed by atoms with Gasteiger partial charge in [0.1, 0.15) is 20.7 Å². The number of nitrogens with two attached hydrogens (primary N) is 1. The molecule has 110 valence electrons. The monoisotopic (exact) mass is 313 g/mol. The van der Waals surface area contributed by atoms with E-state index in [-0.39, 0.29) is 11.6 Å². The van der Waals surface area contributed by atoms with Crippen molar-refractivity contribution in [1.29, 1.82) is 5.41 Å². The number of nitrogens with zero attached hydrogens (tertiary/aromatic N) is 1. The van der Waals surface area contributed by atoms with Gasteiger partial charge in [0.15, 0.2) is 0 Å². The highest BCUT2D eigenvalue weighted by molar-refractivity contribution is 8.00. The molecule has 20 heavy (non-hydrogen) atoms. The van der Waals surface area contributed by atoms with E-state index in [9.17, 15) is 8.42 Å². The van der Waals surface area contributed by atoms with E-state index >= 15 is 0 Å². The van der Waals surface area contributed by atoms with Crippen molar-refractivity contribution in [3.8, 4) is 0 Å². The van der Waals surface area contributed by atoms with Crippen molar-refractivity contribution in [3.63, 3.8) is 0 Å². The van der Waals surface area contributed by atoms with E-state index in [2.05, 4.69) is 4.98 Å². The Balaban J connectivity index is 2.23. The first-order valence-corrected chi connectivity index (χ1v) is 9.59. The number of aryl methyl sites for hydroxylation is 2. The second-order valence-corrected chi connectivity index (χ2v) is 8.39. The third-order valence-corrected chi connectivity index (χ3v) is 5.45. The van der Waals surface area contributed by atoms with E-state index in [4.69, 9.17) is 11.1 Å². The summed E-state index contributed by atoms with van der Waals surface area (Å²) in [6.45, 7) is 0. The van der Waals surface area contributed by atoms with Crippen LogP contribution in [0.5, 0.6) is 0 Å². The van der Waals surface area contributed by atoms with Crippen molar-refractivity contribution in [1.82, 2.24) is 4.98 Å². The predicted molar refractivity (Wildman–Crippen MR) is 82.3 cm³/mol. The molecule has 1 aromatic heterocycles. The summed E-state index contributed by atoms with van der Waals surface area (Å²) in [5.74, 6) is 0.534. The van der Waals surface area contributed by atoms with E-state index in [1.807, 2.05) is 6.07 Å². The fourth-order valence-corrected chi connectivity index (χ4v) is 4.44. The molecule has 1 heterocycles. The molecule has 5 nitrogen and oxygen atoms in total. The quantitative estimate of drug-likeness (QED) is 0.486. The second kappa shape index (κ2) is 6.13. The Morgan fingerprint density at radius 3 is 2.80 bits per heavy atom. The van der Waals surface area contributed by atoms with E-state index in [0.717, 1.165) is 31.4 Å². The number of pyridine rings is 1. The van der Waals surface area contributed by atoms with E-state index in [1.165, 1.54) is 23.6 Å². The molecule has 0 unspecified atom stereocenters. The standard InChI is InChI=1S/C13H19N3O2S2/c1-20(17,18)7-6-19-13-10(12(14)15)8-9-4-2-3-5-11(9)16-13/h8H,2-7H2,1H3,(H3,14,15). The third-order valence-electron chi connectivity index (χ3n) is 3.25. The average Bonchev–Trinajstić information content (AvgIpc) is 2.36. The summed E-state index contributed by atoms with van der Waals surface area (Å²) in [5.41, 5.74) is 8.49. The Morgan fingerprint density at radius 1 is 1.45 bits per heavy atom.